The van der Waals surface area contributed by atoms with Crippen molar-refractivity contribution in [3.63, 3.8) is 0 Å². The maximum atomic E-state index is 10.8. The Kier molecular flexibility index (Phi) is 6.64. The van der Waals surface area contributed by atoms with E-state index in [0.717, 1.165) is 19.5 Å². The summed E-state index contributed by atoms with van der Waals surface area (Å²) in [6.45, 7) is 4.49. The van der Waals surface area contributed by atoms with Gasteiger partial charge in [-0.05, 0) is 25.1 Å². The first-order valence-electron chi connectivity index (χ1n) is 5.86. The van der Waals surface area contributed by atoms with E-state index in [0.29, 0.717) is 17.2 Å². The van der Waals surface area contributed by atoms with Crippen LogP contribution in [0.15, 0.2) is 18.2 Å². The van der Waals surface area contributed by atoms with Crippen LogP contribution in [0.5, 0.6) is 0 Å². The van der Waals surface area contributed by atoms with Crippen molar-refractivity contribution in [1.29, 1.82) is 0 Å². The normalized spacial score (nSPS) is 10.6. The van der Waals surface area contributed by atoms with E-state index in [4.69, 9.17) is 16.3 Å². The van der Waals surface area contributed by atoms with Crippen LogP contribution < -0.4 is 5.32 Å². The third kappa shape index (κ3) is 5.00. The number of nitro groups is 1. The van der Waals surface area contributed by atoms with Crippen LogP contribution in [0, 0.1) is 10.1 Å². The van der Waals surface area contributed by atoms with E-state index in [1.54, 1.807) is 6.07 Å². The van der Waals surface area contributed by atoms with E-state index in [9.17, 15) is 10.1 Å². The van der Waals surface area contributed by atoms with Crippen molar-refractivity contribution in [1.82, 2.24) is 5.32 Å². The summed E-state index contributed by atoms with van der Waals surface area (Å²) in [5.74, 6) is 0. The molecular formula is C12H17ClN2O3. The smallest absolute Gasteiger partial charge is 0.275 e. The lowest BCUT2D eigenvalue weighted by molar-refractivity contribution is -0.385. The highest BCUT2D eigenvalue weighted by atomic mass is 35.5. The second-order valence-electron chi connectivity index (χ2n) is 3.83. The molecular weight excluding hydrogens is 256 g/mol. The highest BCUT2D eigenvalue weighted by molar-refractivity contribution is 6.30. The largest absolute Gasteiger partial charge is 0.375 e. The highest BCUT2D eigenvalue weighted by Crippen LogP contribution is 2.23. The molecule has 0 fully saturated rings. The Balaban J connectivity index is 2.45. The molecule has 0 saturated heterocycles. The molecule has 0 unspecified atom stereocenters. The van der Waals surface area contributed by atoms with Gasteiger partial charge in [0.15, 0.2) is 0 Å². The molecule has 1 N–H and O–H groups in total. The van der Waals surface area contributed by atoms with Crippen LogP contribution in [0.1, 0.15) is 18.9 Å². The summed E-state index contributed by atoms with van der Waals surface area (Å²) < 4.78 is 5.39. The second kappa shape index (κ2) is 8.02. The molecule has 18 heavy (non-hydrogen) atoms. The van der Waals surface area contributed by atoms with Gasteiger partial charge < -0.3 is 10.1 Å². The van der Waals surface area contributed by atoms with Crippen molar-refractivity contribution in [2.45, 2.75) is 20.0 Å². The average Bonchev–Trinajstić information content (AvgIpc) is 2.33. The Morgan fingerprint density at radius 3 is 2.89 bits per heavy atom. The number of benzene rings is 1. The highest BCUT2D eigenvalue weighted by Gasteiger charge is 2.13. The maximum Gasteiger partial charge on any atom is 0.275 e. The number of ether oxygens (including phenoxy) is 1. The summed E-state index contributed by atoms with van der Waals surface area (Å²) >= 11 is 5.81. The minimum atomic E-state index is -0.426. The number of rotatable bonds is 8. The molecule has 1 aromatic rings. The van der Waals surface area contributed by atoms with Crippen LogP contribution in [0.2, 0.25) is 5.02 Å². The minimum Gasteiger partial charge on any atom is -0.375 e. The van der Waals surface area contributed by atoms with Gasteiger partial charge in [-0.2, -0.15) is 0 Å². The van der Waals surface area contributed by atoms with Crippen LogP contribution >= 0.6 is 11.6 Å². The van der Waals surface area contributed by atoms with Gasteiger partial charge >= 0.3 is 0 Å². The number of nitrogens with one attached hydrogen (secondary N) is 1. The predicted octanol–water partition coefficient (Wildman–Crippen LogP) is 2.76. The van der Waals surface area contributed by atoms with Gasteiger partial charge in [0.1, 0.15) is 0 Å². The molecule has 0 aliphatic rings. The third-order valence-electron chi connectivity index (χ3n) is 2.35. The van der Waals surface area contributed by atoms with Gasteiger partial charge in [-0.25, -0.2) is 0 Å². The van der Waals surface area contributed by atoms with Gasteiger partial charge in [-0.15, -0.1) is 0 Å². The Labute approximate surface area is 111 Å². The summed E-state index contributed by atoms with van der Waals surface area (Å²) in [7, 11) is 0. The number of halogens is 1. The molecule has 0 radical (unpaired) electrons. The number of hydrogen-bond acceptors (Lipinski definition) is 4. The molecule has 1 aromatic carbocycles. The lowest BCUT2D eigenvalue weighted by Crippen LogP contribution is -2.20. The maximum absolute atomic E-state index is 10.8. The second-order valence-corrected chi connectivity index (χ2v) is 4.27. The molecule has 1 rings (SSSR count). The van der Waals surface area contributed by atoms with Crippen molar-refractivity contribution >= 4 is 17.3 Å². The lowest BCUT2D eigenvalue weighted by atomic mass is 10.2. The number of nitrogens with zero attached hydrogens (tertiary/aromatic N) is 1. The Bertz CT molecular complexity index is 399. The van der Waals surface area contributed by atoms with E-state index >= 15 is 0 Å². The van der Waals surface area contributed by atoms with Crippen molar-refractivity contribution in [2.75, 3.05) is 19.7 Å². The Hall–Kier alpha value is -1.17. The van der Waals surface area contributed by atoms with E-state index in [1.807, 2.05) is 0 Å². The molecule has 0 atom stereocenters. The van der Waals surface area contributed by atoms with Crippen molar-refractivity contribution < 1.29 is 9.66 Å². The van der Waals surface area contributed by atoms with Gasteiger partial charge in [0.25, 0.3) is 5.69 Å². The zero-order chi connectivity index (χ0) is 13.4. The molecule has 0 saturated carbocycles. The molecule has 0 amide bonds. The van der Waals surface area contributed by atoms with Crippen LogP contribution in [-0.4, -0.2) is 24.6 Å². The third-order valence-corrected chi connectivity index (χ3v) is 2.58. The van der Waals surface area contributed by atoms with Crippen LogP contribution in [0.3, 0.4) is 0 Å². The number of nitro benzene ring substituents is 1. The zero-order valence-corrected chi connectivity index (χ0v) is 11.1. The van der Waals surface area contributed by atoms with E-state index in [1.165, 1.54) is 12.1 Å². The van der Waals surface area contributed by atoms with E-state index in [-0.39, 0.29) is 12.3 Å². The SMILES string of the molecule is CCCNCCOCc1cc(Cl)ccc1[N+](=O)[O-]. The first kappa shape index (κ1) is 14.9. The summed E-state index contributed by atoms with van der Waals surface area (Å²) in [4.78, 5) is 10.4. The summed E-state index contributed by atoms with van der Waals surface area (Å²) in [6, 6.07) is 4.47. The standard InChI is InChI=1S/C12H17ClN2O3/c1-2-5-14-6-7-18-9-10-8-11(13)3-4-12(10)15(16)17/h3-4,8,14H,2,5-7,9H2,1H3. The fourth-order valence-corrected chi connectivity index (χ4v) is 1.67. The fraction of sp³-hybridized carbons (Fsp3) is 0.500. The van der Waals surface area contributed by atoms with Gasteiger partial charge in [-0.1, -0.05) is 18.5 Å². The van der Waals surface area contributed by atoms with Gasteiger partial charge in [0, 0.05) is 17.6 Å². The van der Waals surface area contributed by atoms with Gasteiger partial charge in [0.2, 0.25) is 0 Å². The molecule has 100 valence electrons. The van der Waals surface area contributed by atoms with Crippen molar-refractivity contribution in [3.05, 3.63) is 38.9 Å². The summed E-state index contributed by atoms with van der Waals surface area (Å²) in [6.07, 6.45) is 1.07. The fourth-order valence-electron chi connectivity index (χ4n) is 1.48. The molecule has 0 aliphatic carbocycles. The van der Waals surface area contributed by atoms with E-state index < -0.39 is 4.92 Å². The predicted molar refractivity (Wildman–Crippen MR) is 70.9 cm³/mol. The number of hydrogen-bond donors (Lipinski definition) is 1. The molecule has 0 heterocycles. The van der Waals surface area contributed by atoms with Gasteiger partial charge in [0.05, 0.1) is 23.7 Å². The first-order valence-corrected chi connectivity index (χ1v) is 6.24. The molecule has 0 bridgehead atoms. The molecule has 0 spiro atoms. The molecule has 6 heteroatoms. The van der Waals surface area contributed by atoms with Crippen LogP contribution in [-0.2, 0) is 11.3 Å². The van der Waals surface area contributed by atoms with E-state index in [2.05, 4.69) is 12.2 Å². The average molecular weight is 273 g/mol. The monoisotopic (exact) mass is 272 g/mol. The molecule has 0 aliphatic heterocycles. The topological polar surface area (TPSA) is 64.4 Å². The van der Waals surface area contributed by atoms with Crippen LogP contribution in [0.4, 0.5) is 5.69 Å². The summed E-state index contributed by atoms with van der Waals surface area (Å²) in [5, 5.41) is 14.5. The van der Waals surface area contributed by atoms with Crippen molar-refractivity contribution in [3.8, 4) is 0 Å². The summed E-state index contributed by atoms with van der Waals surface area (Å²) in [5.41, 5.74) is 0.545. The Morgan fingerprint density at radius 2 is 2.22 bits per heavy atom. The van der Waals surface area contributed by atoms with Crippen LogP contribution in [0.25, 0.3) is 0 Å². The quantitative estimate of drug-likeness (QED) is 0.449. The molecule has 5 nitrogen and oxygen atoms in total. The van der Waals surface area contributed by atoms with Gasteiger partial charge in [-0.3, -0.25) is 10.1 Å². The minimum absolute atomic E-state index is 0.0425. The first-order chi connectivity index (χ1) is 8.65. The Morgan fingerprint density at radius 1 is 1.44 bits per heavy atom. The van der Waals surface area contributed by atoms with Crippen molar-refractivity contribution in [2.24, 2.45) is 0 Å². The lowest BCUT2D eigenvalue weighted by Gasteiger charge is -2.06. The molecule has 0 aromatic heterocycles. The zero-order valence-electron chi connectivity index (χ0n) is 10.3.